The molecule has 5 heteroatoms. The van der Waals surface area contributed by atoms with Crippen LogP contribution in [0, 0.1) is 5.92 Å². The first-order chi connectivity index (χ1) is 8.63. The predicted octanol–water partition coefficient (Wildman–Crippen LogP) is 1.66. The van der Waals surface area contributed by atoms with Crippen LogP contribution in [0.1, 0.15) is 37.9 Å². The molecule has 4 nitrogen and oxygen atoms in total. The number of hydrogen-bond acceptors (Lipinski definition) is 4. The standard InChI is InChI=1S/C13H22N2O2S/c1-10(4-6-14)2-3-13(17)15-8-12(16)11-5-7-18-9-11/h5,7,9-10,12,16H,2-4,6,8,14H2,1H3,(H,15,17). The van der Waals surface area contributed by atoms with Crippen LogP contribution in [0.2, 0.25) is 0 Å². The van der Waals surface area contributed by atoms with Gasteiger partial charge in [0.15, 0.2) is 0 Å². The summed E-state index contributed by atoms with van der Waals surface area (Å²) in [6.07, 6.45) is 1.68. The van der Waals surface area contributed by atoms with Crippen LogP contribution in [0.5, 0.6) is 0 Å². The molecule has 0 saturated heterocycles. The van der Waals surface area contributed by atoms with E-state index in [1.54, 1.807) is 0 Å². The number of carbonyl (C=O) groups is 1. The van der Waals surface area contributed by atoms with Crippen molar-refractivity contribution in [3.63, 3.8) is 0 Å². The van der Waals surface area contributed by atoms with Crippen molar-refractivity contribution >= 4 is 17.2 Å². The summed E-state index contributed by atoms with van der Waals surface area (Å²) < 4.78 is 0. The highest BCUT2D eigenvalue weighted by atomic mass is 32.1. The molecule has 0 aromatic carbocycles. The van der Waals surface area contributed by atoms with E-state index in [1.807, 2.05) is 16.8 Å². The molecule has 0 aliphatic carbocycles. The highest BCUT2D eigenvalue weighted by molar-refractivity contribution is 7.07. The van der Waals surface area contributed by atoms with E-state index in [-0.39, 0.29) is 12.5 Å². The summed E-state index contributed by atoms with van der Waals surface area (Å²) in [5.41, 5.74) is 6.31. The van der Waals surface area contributed by atoms with Crippen molar-refractivity contribution in [3.05, 3.63) is 22.4 Å². The van der Waals surface area contributed by atoms with E-state index >= 15 is 0 Å². The van der Waals surface area contributed by atoms with Gasteiger partial charge < -0.3 is 16.2 Å². The number of nitrogens with two attached hydrogens (primary N) is 1. The lowest BCUT2D eigenvalue weighted by atomic mass is 10.0. The summed E-state index contributed by atoms with van der Waals surface area (Å²) in [7, 11) is 0. The Labute approximate surface area is 112 Å². The molecule has 1 rings (SSSR count). The summed E-state index contributed by atoms with van der Waals surface area (Å²) in [4.78, 5) is 11.6. The second kappa shape index (κ2) is 8.24. The van der Waals surface area contributed by atoms with E-state index in [9.17, 15) is 9.90 Å². The average molecular weight is 270 g/mol. The van der Waals surface area contributed by atoms with Crippen LogP contribution in [-0.4, -0.2) is 24.1 Å². The van der Waals surface area contributed by atoms with Crippen molar-refractivity contribution in [1.29, 1.82) is 0 Å². The van der Waals surface area contributed by atoms with Crippen LogP contribution >= 0.6 is 11.3 Å². The van der Waals surface area contributed by atoms with Gasteiger partial charge in [0.25, 0.3) is 0 Å². The number of hydrogen-bond donors (Lipinski definition) is 3. The molecule has 1 amide bonds. The largest absolute Gasteiger partial charge is 0.387 e. The summed E-state index contributed by atoms with van der Waals surface area (Å²) in [5.74, 6) is 0.468. The Bertz CT molecular complexity index is 341. The summed E-state index contributed by atoms with van der Waals surface area (Å²) in [5, 5.41) is 16.3. The quantitative estimate of drug-likeness (QED) is 0.672. The first-order valence-corrected chi connectivity index (χ1v) is 7.24. The molecule has 1 aromatic rings. The zero-order valence-electron chi connectivity index (χ0n) is 10.8. The van der Waals surface area contributed by atoms with E-state index in [4.69, 9.17) is 5.73 Å². The second-order valence-corrected chi connectivity index (χ2v) is 5.38. The molecule has 0 bridgehead atoms. The van der Waals surface area contributed by atoms with E-state index in [2.05, 4.69) is 12.2 Å². The van der Waals surface area contributed by atoms with E-state index in [0.29, 0.717) is 18.9 Å². The summed E-state index contributed by atoms with van der Waals surface area (Å²) in [6.45, 7) is 3.04. The minimum Gasteiger partial charge on any atom is -0.387 e. The Hall–Kier alpha value is -0.910. The Balaban J connectivity index is 2.17. The second-order valence-electron chi connectivity index (χ2n) is 4.60. The number of nitrogens with one attached hydrogen (secondary N) is 1. The first kappa shape index (κ1) is 15.1. The monoisotopic (exact) mass is 270 g/mol. The lowest BCUT2D eigenvalue weighted by molar-refractivity contribution is -0.121. The molecule has 0 spiro atoms. The van der Waals surface area contributed by atoms with Gasteiger partial charge in [-0.1, -0.05) is 6.92 Å². The van der Waals surface area contributed by atoms with Crippen LogP contribution in [0.25, 0.3) is 0 Å². The van der Waals surface area contributed by atoms with E-state index in [1.165, 1.54) is 11.3 Å². The molecule has 18 heavy (non-hydrogen) atoms. The molecule has 0 saturated carbocycles. The Kier molecular flexibility index (Phi) is 6.93. The SMILES string of the molecule is CC(CCN)CCC(=O)NCC(O)c1ccsc1. The van der Waals surface area contributed by atoms with Gasteiger partial charge in [0.05, 0.1) is 6.10 Å². The smallest absolute Gasteiger partial charge is 0.220 e. The van der Waals surface area contributed by atoms with Gasteiger partial charge in [0.2, 0.25) is 5.91 Å². The van der Waals surface area contributed by atoms with Crippen molar-refractivity contribution in [2.75, 3.05) is 13.1 Å². The van der Waals surface area contributed by atoms with Crippen LogP contribution in [0.3, 0.4) is 0 Å². The topological polar surface area (TPSA) is 75.4 Å². The molecule has 2 unspecified atom stereocenters. The lowest BCUT2D eigenvalue weighted by Crippen LogP contribution is -2.28. The van der Waals surface area contributed by atoms with Crippen molar-refractivity contribution in [1.82, 2.24) is 5.32 Å². The van der Waals surface area contributed by atoms with Gasteiger partial charge in [0, 0.05) is 13.0 Å². The van der Waals surface area contributed by atoms with Gasteiger partial charge in [-0.2, -0.15) is 11.3 Å². The fourth-order valence-electron chi connectivity index (χ4n) is 1.69. The van der Waals surface area contributed by atoms with Gasteiger partial charge in [-0.05, 0) is 47.7 Å². The number of rotatable bonds is 8. The Morgan fingerprint density at radius 2 is 2.33 bits per heavy atom. The van der Waals surface area contributed by atoms with Gasteiger partial charge in [-0.25, -0.2) is 0 Å². The highest BCUT2D eigenvalue weighted by Gasteiger charge is 2.10. The maximum atomic E-state index is 11.6. The molecule has 0 radical (unpaired) electrons. The molecule has 0 aliphatic heterocycles. The van der Waals surface area contributed by atoms with Crippen LogP contribution < -0.4 is 11.1 Å². The van der Waals surface area contributed by atoms with Crippen LogP contribution in [0.4, 0.5) is 0 Å². The molecule has 4 N–H and O–H groups in total. The minimum atomic E-state index is -0.610. The number of aliphatic hydroxyl groups is 1. The maximum absolute atomic E-state index is 11.6. The van der Waals surface area contributed by atoms with Crippen LogP contribution in [-0.2, 0) is 4.79 Å². The van der Waals surface area contributed by atoms with E-state index < -0.39 is 6.10 Å². The fourth-order valence-corrected chi connectivity index (χ4v) is 2.39. The third-order valence-corrected chi connectivity index (χ3v) is 3.65. The summed E-state index contributed by atoms with van der Waals surface area (Å²) in [6, 6.07) is 1.87. The fraction of sp³-hybridized carbons (Fsp3) is 0.615. The van der Waals surface area contributed by atoms with E-state index in [0.717, 1.165) is 18.4 Å². The van der Waals surface area contributed by atoms with Crippen molar-refractivity contribution in [2.24, 2.45) is 11.7 Å². The molecule has 2 atom stereocenters. The maximum Gasteiger partial charge on any atom is 0.220 e. The number of aliphatic hydroxyl groups excluding tert-OH is 1. The zero-order chi connectivity index (χ0) is 13.4. The molecule has 0 aliphatic rings. The molecule has 0 fully saturated rings. The molecular formula is C13H22N2O2S. The van der Waals surface area contributed by atoms with Gasteiger partial charge in [0.1, 0.15) is 0 Å². The summed E-state index contributed by atoms with van der Waals surface area (Å²) >= 11 is 1.54. The van der Waals surface area contributed by atoms with Gasteiger partial charge in [-0.3, -0.25) is 4.79 Å². The molecule has 1 heterocycles. The lowest BCUT2D eigenvalue weighted by Gasteiger charge is -2.12. The van der Waals surface area contributed by atoms with Crippen LogP contribution in [0.15, 0.2) is 16.8 Å². The zero-order valence-corrected chi connectivity index (χ0v) is 11.6. The predicted molar refractivity (Wildman–Crippen MR) is 74.4 cm³/mol. The number of amides is 1. The third-order valence-electron chi connectivity index (χ3n) is 2.94. The minimum absolute atomic E-state index is 0.00634. The van der Waals surface area contributed by atoms with Crippen molar-refractivity contribution < 1.29 is 9.90 Å². The third kappa shape index (κ3) is 5.62. The average Bonchev–Trinajstić information content (AvgIpc) is 2.87. The normalized spacial score (nSPS) is 14.2. The Morgan fingerprint density at radius 1 is 1.56 bits per heavy atom. The first-order valence-electron chi connectivity index (χ1n) is 6.30. The van der Waals surface area contributed by atoms with Gasteiger partial charge >= 0.3 is 0 Å². The van der Waals surface area contributed by atoms with Crippen molar-refractivity contribution in [3.8, 4) is 0 Å². The van der Waals surface area contributed by atoms with Crippen molar-refractivity contribution in [2.45, 2.75) is 32.3 Å². The molecular weight excluding hydrogens is 248 g/mol. The number of thiophene rings is 1. The Morgan fingerprint density at radius 3 is 2.94 bits per heavy atom. The molecule has 1 aromatic heterocycles. The molecule has 102 valence electrons. The number of carbonyl (C=O) groups excluding carboxylic acids is 1. The van der Waals surface area contributed by atoms with Gasteiger partial charge in [-0.15, -0.1) is 0 Å². The highest BCUT2D eigenvalue weighted by Crippen LogP contribution is 2.15.